The average Bonchev–Trinajstić information content (AvgIpc) is 3.88. The zero-order valence-electron chi connectivity index (χ0n) is 26.5. The maximum absolute atomic E-state index is 6.91. The van der Waals surface area contributed by atoms with Crippen molar-refractivity contribution in [3.63, 3.8) is 0 Å². The molecule has 8 heteroatoms. The van der Waals surface area contributed by atoms with Crippen molar-refractivity contribution in [2.24, 2.45) is 5.41 Å². The molecule has 8 nitrogen and oxygen atoms in total. The number of anilines is 2. The maximum Gasteiger partial charge on any atom is 0.154 e. The van der Waals surface area contributed by atoms with E-state index in [-0.39, 0.29) is 24.4 Å². The van der Waals surface area contributed by atoms with Crippen molar-refractivity contribution in [1.29, 1.82) is 0 Å². The first-order valence-corrected chi connectivity index (χ1v) is 16.7. The minimum atomic E-state index is -0.720. The molecule has 4 N–H and O–H groups in total. The van der Waals surface area contributed by atoms with Gasteiger partial charge >= 0.3 is 0 Å². The lowest BCUT2D eigenvalue weighted by Crippen LogP contribution is -2.50. The van der Waals surface area contributed by atoms with E-state index >= 15 is 0 Å². The summed E-state index contributed by atoms with van der Waals surface area (Å²) in [5.74, 6) is 2.70. The van der Waals surface area contributed by atoms with E-state index in [2.05, 4.69) is 12.1 Å². The van der Waals surface area contributed by atoms with Gasteiger partial charge in [-0.3, -0.25) is 0 Å². The van der Waals surface area contributed by atoms with E-state index in [1.807, 2.05) is 84.9 Å². The fraction of sp³-hybridized carbons (Fsp3) is 0.385. The number of ether oxygens (including phenoxy) is 6. The Morgan fingerprint density at radius 1 is 0.532 bits per heavy atom. The molecule has 8 rings (SSSR count). The van der Waals surface area contributed by atoms with Crippen molar-refractivity contribution < 1.29 is 28.4 Å². The third-order valence-corrected chi connectivity index (χ3v) is 10.1. The van der Waals surface area contributed by atoms with E-state index in [0.717, 1.165) is 69.7 Å². The van der Waals surface area contributed by atoms with Gasteiger partial charge in [-0.05, 0) is 73.9 Å². The van der Waals surface area contributed by atoms with Crippen LogP contribution in [0.2, 0.25) is 0 Å². The molecule has 4 heterocycles. The van der Waals surface area contributed by atoms with Crippen LogP contribution < -0.4 is 20.9 Å². The van der Waals surface area contributed by atoms with E-state index in [4.69, 9.17) is 39.9 Å². The van der Waals surface area contributed by atoms with Crippen LogP contribution in [0.5, 0.6) is 23.0 Å². The van der Waals surface area contributed by atoms with Gasteiger partial charge in [0.05, 0.1) is 62.2 Å². The van der Waals surface area contributed by atoms with Crippen LogP contribution in [0.3, 0.4) is 0 Å². The Balaban J connectivity index is 1.42. The Morgan fingerprint density at radius 3 is 1.32 bits per heavy atom. The summed E-state index contributed by atoms with van der Waals surface area (Å²) in [6.45, 7) is 2.94. The lowest BCUT2D eigenvalue weighted by Gasteiger charge is -2.53. The van der Waals surface area contributed by atoms with Crippen LogP contribution in [0.15, 0.2) is 97.1 Å². The molecule has 4 aromatic carbocycles. The minimum Gasteiger partial charge on any atom is -0.455 e. The molecule has 4 fully saturated rings. The summed E-state index contributed by atoms with van der Waals surface area (Å²) in [6, 6.07) is 32.0. The van der Waals surface area contributed by atoms with Crippen LogP contribution >= 0.6 is 0 Å². The largest absolute Gasteiger partial charge is 0.455 e. The Hall–Kier alpha value is -4.08. The third kappa shape index (κ3) is 6.43. The first-order chi connectivity index (χ1) is 23.0. The number of para-hydroxylation sites is 4. The molecule has 244 valence electrons. The van der Waals surface area contributed by atoms with E-state index in [1.54, 1.807) is 0 Å². The van der Waals surface area contributed by atoms with E-state index in [0.29, 0.717) is 34.4 Å². The molecule has 4 aliphatic rings. The summed E-state index contributed by atoms with van der Waals surface area (Å²) < 4.78 is 37.7. The van der Waals surface area contributed by atoms with Crippen molar-refractivity contribution in [1.82, 2.24) is 0 Å². The minimum absolute atomic E-state index is 0.128. The fourth-order valence-corrected chi connectivity index (χ4v) is 7.72. The van der Waals surface area contributed by atoms with Crippen molar-refractivity contribution in [2.75, 3.05) is 37.9 Å². The predicted octanol–water partition coefficient (Wildman–Crippen LogP) is 7.25. The van der Waals surface area contributed by atoms with Gasteiger partial charge in [0.25, 0.3) is 0 Å². The van der Waals surface area contributed by atoms with Crippen molar-refractivity contribution in [3.05, 3.63) is 108 Å². The van der Waals surface area contributed by atoms with Gasteiger partial charge in [-0.1, -0.05) is 60.7 Å². The molecule has 0 amide bonds. The number of nitrogens with two attached hydrogens (primary N) is 2. The first kappa shape index (κ1) is 30.3. The second kappa shape index (κ2) is 12.5. The van der Waals surface area contributed by atoms with Crippen molar-refractivity contribution >= 4 is 11.4 Å². The second-order valence-corrected chi connectivity index (χ2v) is 13.4. The van der Waals surface area contributed by atoms with Crippen LogP contribution in [0.25, 0.3) is 0 Å². The monoisotopic (exact) mass is 634 g/mol. The van der Waals surface area contributed by atoms with Crippen LogP contribution in [0.1, 0.15) is 43.2 Å². The van der Waals surface area contributed by atoms with Gasteiger partial charge in [0, 0.05) is 16.5 Å². The molecule has 4 atom stereocenters. The van der Waals surface area contributed by atoms with Gasteiger partial charge in [-0.25, -0.2) is 0 Å². The molecule has 4 unspecified atom stereocenters. The smallest absolute Gasteiger partial charge is 0.154 e. The Labute approximate surface area is 275 Å². The quantitative estimate of drug-likeness (QED) is 0.0977. The molecule has 4 saturated heterocycles. The highest BCUT2D eigenvalue weighted by atomic mass is 16.6. The van der Waals surface area contributed by atoms with Crippen LogP contribution in [0, 0.1) is 5.41 Å². The number of hydrogen-bond donors (Lipinski definition) is 2. The average molecular weight is 635 g/mol. The third-order valence-electron chi connectivity index (χ3n) is 10.1. The Kier molecular flexibility index (Phi) is 8.05. The van der Waals surface area contributed by atoms with E-state index in [1.165, 1.54) is 0 Å². The van der Waals surface area contributed by atoms with Gasteiger partial charge in [0.1, 0.15) is 11.5 Å². The maximum atomic E-state index is 6.91. The SMILES string of the molecule is Nc1cccc(C(CCC2CO2)(c2cccc(N)c2Oc2ccccc2)C(CC2CO2)(CC2CO2)CC2CO2)c1Oc1ccccc1. The highest BCUT2D eigenvalue weighted by molar-refractivity contribution is 5.68. The van der Waals surface area contributed by atoms with Gasteiger partial charge in [0.15, 0.2) is 11.5 Å². The lowest BCUT2D eigenvalue weighted by molar-refractivity contribution is 0.0593. The predicted molar refractivity (Wildman–Crippen MR) is 180 cm³/mol. The van der Waals surface area contributed by atoms with E-state index < -0.39 is 10.8 Å². The summed E-state index contributed by atoms with van der Waals surface area (Å²) in [7, 11) is 0. The molecule has 0 bridgehead atoms. The zero-order chi connectivity index (χ0) is 31.8. The number of hydrogen-bond acceptors (Lipinski definition) is 8. The summed E-state index contributed by atoms with van der Waals surface area (Å²) in [5, 5.41) is 0. The van der Waals surface area contributed by atoms with Gasteiger partial charge in [-0.2, -0.15) is 0 Å². The Morgan fingerprint density at radius 2 is 0.936 bits per heavy atom. The van der Waals surface area contributed by atoms with Crippen molar-refractivity contribution in [3.8, 4) is 23.0 Å². The number of benzene rings is 4. The molecule has 0 radical (unpaired) electrons. The fourth-order valence-electron chi connectivity index (χ4n) is 7.72. The van der Waals surface area contributed by atoms with Crippen molar-refractivity contribution in [2.45, 2.75) is 61.9 Å². The number of rotatable bonds is 16. The van der Waals surface area contributed by atoms with Crippen LogP contribution in [-0.2, 0) is 24.4 Å². The Bertz CT molecular complexity index is 1560. The molecular formula is C39H42N2O6. The van der Waals surface area contributed by atoms with Gasteiger partial charge in [0.2, 0.25) is 0 Å². The van der Waals surface area contributed by atoms with Gasteiger partial charge < -0.3 is 39.9 Å². The number of epoxide rings is 4. The van der Waals surface area contributed by atoms with Crippen LogP contribution in [0.4, 0.5) is 11.4 Å². The lowest BCUT2D eigenvalue weighted by atomic mass is 9.49. The standard InChI is InChI=1S/C39H42N2O6/c40-34-15-7-13-32(36(34)46-26-9-3-1-4-10-26)39(18-17-28-22-42-28,33-14-8-16-35(41)37(33)47-27-11-5-2-6-12-27)38(19-29-23-43-29,20-30-24-44-30)21-31-25-45-31/h1-16,28-31H,17-25,40-41H2. The molecule has 0 saturated carbocycles. The molecule has 47 heavy (non-hydrogen) atoms. The molecule has 0 spiro atoms. The number of nitrogen functional groups attached to an aromatic ring is 2. The summed E-state index contributed by atoms with van der Waals surface area (Å²) in [6.07, 6.45) is 4.59. The zero-order valence-corrected chi connectivity index (χ0v) is 26.5. The summed E-state index contributed by atoms with van der Waals surface area (Å²) in [4.78, 5) is 0. The highest BCUT2D eigenvalue weighted by Gasteiger charge is 2.61. The molecular weight excluding hydrogens is 592 g/mol. The van der Waals surface area contributed by atoms with Gasteiger partial charge in [-0.15, -0.1) is 0 Å². The van der Waals surface area contributed by atoms with E-state index in [9.17, 15) is 0 Å². The summed E-state index contributed by atoms with van der Waals surface area (Å²) >= 11 is 0. The molecule has 4 aliphatic heterocycles. The normalized spacial score (nSPS) is 23.8. The molecule has 0 aliphatic carbocycles. The topological polar surface area (TPSA) is 121 Å². The summed E-state index contributed by atoms with van der Waals surface area (Å²) in [5.41, 5.74) is 15.8. The molecule has 4 aromatic rings. The van der Waals surface area contributed by atoms with Crippen LogP contribution in [-0.4, -0.2) is 50.8 Å². The highest BCUT2D eigenvalue weighted by Crippen LogP contribution is 2.65. The molecule has 0 aromatic heterocycles. The second-order valence-electron chi connectivity index (χ2n) is 13.4. The first-order valence-electron chi connectivity index (χ1n) is 16.7.